The summed E-state index contributed by atoms with van der Waals surface area (Å²) in [7, 11) is 0. The van der Waals surface area contributed by atoms with Gasteiger partial charge in [0.25, 0.3) is 0 Å². The van der Waals surface area contributed by atoms with Crippen molar-refractivity contribution in [3.05, 3.63) is 29.8 Å². The summed E-state index contributed by atoms with van der Waals surface area (Å²) >= 11 is 0. The first-order valence-electron chi connectivity index (χ1n) is 4.17. The van der Waals surface area contributed by atoms with Crippen LogP contribution in [-0.4, -0.2) is 6.17 Å². The topological polar surface area (TPSA) is 26.0 Å². The third-order valence-electron chi connectivity index (χ3n) is 1.87. The maximum atomic E-state index is 12.5. The summed E-state index contributed by atoms with van der Waals surface area (Å²) < 4.78 is 12.5. The second-order valence-corrected chi connectivity index (χ2v) is 3.02. The van der Waals surface area contributed by atoms with Crippen LogP contribution in [0.4, 0.5) is 10.1 Å². The first-order valence-corrected chi connectivity index (χ1v) is 4.17. The van der Waals surface area contributed by atoms with Gasteiger partial charge in [0.2, 0.25) is 0 Å². The minimum Gasteiger partial charge on any atom is -0.399 e. The van der Waals surface area contributed by atoms with E-state index < -0.39 is 6.17 Å². The zero-order valence-electron chi connectivity index (χ0n) is 7.26. The molecule has 0 spiro atoms. The van der Waals surface area contributed by atoms with Crippen molar-refractivity contribution in [2.24, 2.45) is 0 Å². The summed E-state index contributed by atoms with van der Waals surface area (Å²) in [5.41, 5.74) is 7.49. The Morgan fingerprint density at radius 2 is 2.08 bits per heavy atom. The average molecular weight is 167 g/mol. The largest absolute Gasteiger partial charge is 0.399 e. The van der Waals surface area contributed by atoms with Crippen molar-refractivity contribution in [3.8, 4) is 0 Å². The molecule has 1 unspecified atom stereocenters. The van der Waals surface area contributed by atoms with Crippen LogP contribution in [0.3, 0.4) is 0 Å². The molecule has 1 rings (SSSR count). The van der Waals surface area contributed by atoms with E-state index in [1.54, 1.807) is 6.92 Å². The highest BCUT2D eigenvalue weighted by Crippen LogP contribution is 2.14. The van der Waals surface area contributed by atoms with Crippen molar-refractivity contribution in [1.82, 2.24) is 0 Å². The van der Waals surface area contributed by atoms with Gasteiger partial charge in [-0.25, -0.2) is 4.39 Å². The Hall–Kier alpha value is -1.05. The molecule has 1 aromatic rings. The SMILES string of the molecule is CC(F)CCc1ccccc1N. The van der Waals surface area contributed by atoms with Gasteiger partial charge in [0, 0.05) is 5.69 Å². The van der Waals surface area contributed by atoms with E-state index in [0.717, 1.165) is 17.7 Å². The van der Waals surface area contributed by atoms with E-state index in [-0.39, 0.29) is 0 Å². The second kappa shape index (κ2) is 4.10. The Morgan fingerprint density at radius 1 is 1.42 bits per heavy atom. The number of alkyl halides is 1. The highest BCUT2D eigenvalue weighted by atomic mass is 19.1. The molecule has 12 heavy (non-hydrogen) atoms. The van der Waals surface area contributed by atoms with E-state index in [1.807, 2.05) is 24.3 Å². The van der Waals surface area contributed by atoms with Gasteiger partial charge in [-0.2, -0.15) is 0 Å². The third-order valence-corrected chi connectivity index (χ3v) is 1.87. The Bertz CT molecular complexity index is 245. The Balaban J connectivity index is 2.57. The molecule has 0 aliphatic rings. The molecule has 0 bridgehead atoms. The molecule has 1 aromatic carbocycles. The van der Waals surface area contributed by atoms with Crippen LogP contribution in [0, 0.1) is 0 Å². The summed E-state index contributed by atoms with van der Waals surface area (Å²) in [5, 5.41) is 0. The standard InChI is InChI=1S/C10H14FN/c1-8(11)6-7-9-4-2-3-5-10(9)12/h2-5,8H,6-7,12H2,1H3. The molecule has 0 saturated carbocycles. The minimum absolute atomic E-state index is 0.550. The second-order valence-electron chi connectivity index (χ2n) is 3.02. The lowest BCUT2D eigenvalue weighted by molar-refractivity contribution is 0.341. The summed E-state index contributed by atoms with van der Waals surface area (Å²) in [4.78, 5) is 0. The lowest BCUT2D eigenvalue weighted by Crippen LogP contribution is -1.99. The van der Waals surface area contributed by atoms with Crippen LogP contribution in [0.5, 0.6) is 0 Å². The first-order chi connectivity index (χ1) is 5.70. The summed E-state index contributed by atoms with van der Waals surface area (Å²) in [6.07, 6.45) is 0.531. The number of nitrogens with two attached hydrogens (primary N) is 1. The quantitative estimate of drug-likeness (QED) is 0.688. The van der Waals surface area contributed by atoms with Gasteiger partial charge >= 0.3 is 0 Å². The van der Waals surface area contributed by atoms with Crippen molar-refractivity contribution in [2.45, 2.75) is 25.9 Å². The molecule has 0 radical (unpaired) electrons. The van der Waals surface area contributed by atoms with Crippen molar-refractivity contribution in [2.75, 3.05) is 5.73 Å². The normalized spacial score (nSPS) is 12.8. The number of halogens is 1. The monoisotopic (exact) mass is 167 g/mol. The molecular formula is C10H14FN. The van der Waals surface area contributed by atoms with Gasteiger partial charge in [-0.05, 0) is 31.4 Å². The molecule has 1 nitrogen and oxygen atoms in total. The molecule has 0 fully saturated rings. The lowest BCUT2D eigenvalue weighted by Gasteiger charge is -2.04. The van der Waals surface area contributed by atoms with Crippen molar-refractivity contribution in [1.29, 1.82) is 0 Å². The van der Waals surface area contributed by atoms with Crippen molar-refractivity contribution < 1.29 is 4.39 Å². The van der Waals surface area contributed by atoms with E-state index in [2.05, 4.69) is 0 Å². The van der Waals surface area contributed by atoms with Gasteiger partial charge in [-0.3, -0.25) is 0 Å². The van der Waals surface area contributed by atoms with Gasteiger partial charge in [0.05, 0.1) is 6.17 Å². The fraction of sp³-hybridized carbons (Fsp3) is 0.400. The van der Waals surface area contributed by atoms with Crippen LogP contribution in [0.15, 0.2) is 24.3 Å². The third kappa shape index (κ3) is 2.53. The molecule has 2 N–H and O–H groups in total. The smallest absolute Gasteiger partial charge is 0.0976 e. The minimum atomic E-state index is -0.746. The van der Waals surface area contributed by atoms with Crippen LogP contribution in [0.2, 0.25) is 0 Å². The summed E-state index contributed by atoms with van der Waals surface area (Å²) in [6, 6.07) is 7.60. The molecule has 0 aromatic heterocycles. The Morgan fingerprint density at radius 3 is 2.67 bits per heavy atom. The molecular weight excluding hydrogens is 153 g/mol. The number of hydrogen-bond donors (Lipinski definition) is 1. The van der Waals surface area contributed by atoms with Crippen LogP contribution in [-0.2, 0) is 6.42 Å². The molecule has 0 aliphatic carbocycles. The van der Waals surface area contributed by atoms with Gasteiger partial charge in [0.15, 0.2) is 0 Å². The highest BCUT2D eigenvalue weighted by Gasteiger charge is 2.01. The lowest BCUT2D eigenvalue weighted by atomic mass is 10.1. The van der Waals surface area contributed by atoms with Gasteiger partial charge in [-0.1, -0.05) is 18.2 Å². The van der Waals surface area contributed by atoms with E-state index in [4.69, 9.17) is 5.73 Å². The van der Waals surface area contributed by atoms with E-state index >= 15 is 0 Å². The van der Waals surface area contributed by atoms with Crippen LogP contribution in [0.25, 0.3) is 0 Å². The molecule has 2 heteroatoms. The summed E-state index contributed by atoms with van der Waals surface area (Å²) in [5.74, 6) is 0. The predicted molar refractivity (Wildman–Crippen MR) is 49.7 cm³/mol. The first kappa shape index (κ1) is 9.04. The zero-order valence-corrected chi connectivity index (χ0v) is 7.26. The molecule has 0 amide bonds. The molecule has 1 atom stereocenters. The van der Waals surface area contributed by atoms with E-state index in [0.29, 0.717) is 6.42 Å². The fourth-order valence-electron chi connectivity index (χ4n) is 1.12. The average Bonchev–Trinajstić information content (AvgIpc) is 2.03. The molecule has 0 aliphatic heterocycles. The van der Waals surface area contributed by atoms with Gasteiger partial charge < -0.3 is 5.73 Å². The number of hydrogen-bond acceptors (Lipinski definition) is 1. The zero-order chi connectivity index (χ0) is 8.97. The number of nitrogen functional groups attached to an aromatic ring is 1. The van der Waals surface area contributed by atoms with E-state index in [9.17, 15) is 4.39 Å². The van der Waals surface area contributed by atoms with Crippen LogP contribution >= 0.6 is 0 Å². The van der Waals surface area contributed by atoms with Gasteiger partial charge in [0.1, 0.15) is 0 Å². The highest BCUT2D eigenvalue weighted by molar-refractivity contribution is 5.46. The number of rotatable bonds is 3. The Kier molecular flexibility index (Phi) is 3.09. The molecule has 0 heterocycles. The van der Waals surface area contributed by atoms with Gasteiger partial charge in [-0.15, -0.1) is 0 Å². The number of benzene rings is 1. The molecule has 0 saturated heterocycles. The van der Waals surface area contributed by atoms with Crippen molar-refractivity contribution in [3.63, 3.8) is 0 Å². The fourth-order valence-corrected chi connectivity index (χ4v) is 1.12. The number of aryl methyl sites for hydroxylation is 1. The molecule has 66 valence electrons. The maximum Gasteiger partial charge on any atom is 0.0976 e. The maximum absolute atomic E-state index is 12.5. The Labute approximate surface area is 72.4 Å². The van der Waals surface area contributed by atoms with Crippen molar-refractivity contribution >= 4 is 5.69 Å². The number of anilines is 1. The van der Waals surface area contributed by atoms with Crippen LogP contribution in [0.1, 0.15) is 18.9 Å². The predicted octanol–water partition coefficient (Wildman–Crippen LogP) is 2.56. The summed E-state index contributed by atoms with van der Waals surface area (Å²) in [6.45, 7) is 1.57. The number of para-hydroxylation sites is 1. The van der Waals surface area contributed by atoms with E-state index in [1.165, 1.54) is 0 Å². The van der Waals surface area contributed by atoms with Crippen LogP contribution < -0.4 is 5.73 Å².